The third-order valence-corrected chi connectivity index (χ3v) is 5.45. The number of phenols is 1. The molecule has 0 bridgehead atoms. The van der Waals surface area contributed by atoms with Crippen LogP contribution in [0, 0.1) is 5.92 Å². The molecule has 4 heteroatoms. The van der Waals surface area contributed by atoms with Gasteiger partial charge in [-0.2, -0.15) is 0 Å². The molecule has 4 nitrogen and oxygen atoms in total. The SMILES string of the molecule is CCC(=O)c1ccc2c(c1O)[C@H]1c3ccccc3OC[C@H]1C(C)(C)O2. The molecule has 0 fully saturated rings. The molecular weight excluding hydrogens is 316 g/mol. The standard InChI is InChI=1S/C21H22O4/c1-4-15(22)12-9-10-17-19(20(12)23)18-13-7-5-6-8-16(13)24-11-14(18)21(2,3)25-17/h5-10,14,18,23H,4,11H2,1-3H3/t14-,18+/m1/s1. The second-order valence-corrected chi connectivity index (χ2v) is 7.29. The number of para-hydroxylation sites is 1. The fraction of sp³-hybridized carbons (Fsp3) is 0.381. The van der Waals surface area contributed by atoms with Crippen molar-refractivity contribution in [3.63, 3.8) is 0 Å². The average Bonchev–Trinajstić information content (AvgIpc) is 2.60. The molecule has 2 aliphatic heterocycles. The van der Waals surface area contributed by atoms with Crippen LogP contribution in [0.2, 0.25) is 0 Å². The Kier molecular flexibility index (Phi) is 3.53. The summed E-state index contributed by atoms with van der Waals surface area (Å²) in [6, 6.07) is 11.4. The lowest BCUT2D eigenvalue weighted by Crippen LogP contribution is -2.49. The molecule has 0 radical (unpaired) electrons. The molecule has 0 spiro atoms. The minimum Gasteiger partial charge on any atom is -0.507 e. The molecule has 0 saturated heterocycles. The molecular formula is C21H22O4. The Morgan fingerprint density at radius 3 is 2.72 bits per heavy atom. The van der Waals surface area contributed by atoms with Crippen molar-refractivity contribution in [1.29, 1.82) is 0 Å². The van der Waals surface area contributed by atoms with Crippen LogP contribution < -0.4 is 9.47 Å². The van der Waals surface area contributed by atoms with Crippen molar-refractivity contribution in [1.82, 2.24) is 0 Å². The zero-order valence-electron chi connectivity index (χ0n) is 14.7. The number of rotatable bonds is 2. The topological polar surface area (TPSA) is 55.8 Å². The Balaban J connectivity index is 1.98. The number of hydrogen-bond donors (Lipinski definition) is 1. The van der Waals surface area contributed by atoms with Gasteiger partial charge < -0.3 is 14.6 Å². The minimum absolute atomic E-state index is 0.0477. The molecule has 0 aromatic heterocycles. The maximum Gasteiger partial charge on any atom is 0.166 e. The molecule has 25 heavy (non-hydrogen) atoms. The predicted octanol–water partition coefficient (Wildman–Crippen LogP) is 4.30. The summed E-state index contributed by atoms with van der Waals surface area (Å²) in [6.45, 7) is 6.41. The second kappa shape index (κ2) is 5.51. The Hall–Kier alpha value is -2.49. The van der Waals surface area contributed by atoms with Crippen LogP contribution in [0.25, 0.3) is 0 Å². The molecule has 0 saturated carbocycles. The van der Waals surface area contributed by atoms with E-state index in [1.54, 1.807) is 13.0 Å². The monoisotopic (exact) mass is 338 g/mol. The van der Waals surface area contributed by atoms with Crippen LogP contribution in [-0.2, 0) is 0 Å². The van der Waals surface area contributed by atoms with Gasteiger partial charge in [0.25, 0.3) is 0 Å². The Morgan fingerprint density at radius 2 is 1.96 bits per heavy atom. The van der Waals surface area contributed by atoms with Gasteiger partial charge >= 0.3 is 0 Å². The van der Waals surface area contributed by atoms with Crippen molar-refractivity contribution in [2.24, 2.45) is 5.92 Å². The maximum atomic E-state index is 12.2. The molecule has 2 aromatic carbocycles. The maximum absolute atomic E-state index is 12.2. The normalized spacial score (nSPS) is 22.7. The van der Waals surface area contributed by atoms with Crippen LogP contribution >= 0.6 is 0 Å². The fourth-order valence-corrected chi connectivity index (χ4v) is 4.07. The van der Waals surface area contributed by atoms with Gasteiger partial charge in [-0.05, 0) is 32.0 Å². The first-order valence-electron chi connectivity index (χ1n) is 8.74. The highest BCUT2D eigenvalue weighted by Crippen LogP contribution is 2.55. The van der Waals surface area contributed by atoms with Crippen molar-refractivity contribution in [2.75, 3.05) is 6.61 Å². The van der Waals surface area contributed by atoms with Gasteiger partial charge in [0.05, 0.1) is 12.2 Å². The van der Waals surface area contributed by atoms with Crippen LogP contribution in [0.1, 0.15) is 54.6 Å². The van der Waals surface area contributed by atoms with Crippen molar-refractivity contribution < 1.29 is 19.4 Å². The fourth-order valence-electron chi connectivity index (χ4n) is 4.07. The van der Waals surface area contributed by atoms with Crippen LogP contribution in [0.3, 0.4) is 0 Å². The lowest BCUT2D eigenvalue weighted by molar-refractivity contribution is -0.0144. The first kappa shape index (κ1) is 16.0. The summed E-state index contributed by atoms with van der Waals surface area (Å²) in [7, 11) is 0. The minimum atomic E-state index is -0.437. The van der Waals surface area contributed by atoms with Crippen molar-refractivity contribution in [3.8, 4) is 17.2 Å². The largest absolute Gasteiger partial charge is 0.507 e. The molecule has 4 rings (SSSR count). The Bertz CT molecular complexity index is 853. The van der Waals surface area contributed by atoms with Crippen LogP contribution in [0.4, 0.5) is 0 Å². The quantitative estimate of drug-likeness (QED) is 0.830. The summed E-state index contributed by atoms with van der Waals surface area (Å²) in [5.74, 6) is 1.45. The van der Waals surface area contributed by atoms with Gasteiger partial charge in [0.15, 0.2) is 5.78 Å². The number of carbonyl (C=O) groups excluding carboxylic acids is 1. The average molecular weight is 338 g/mol. The second-order valence-electron chi connectivity index (χ2n) is 7.29. The number of aromatic hydroxyl groups is 1. The highest BCUT2D eigenvalue weighted by molar-refractivity contribution is 5.99. The van der Waals surface area contributed by atoms with E-state index in [0.717, 1.165) is 11.3 Å². The van der Waals surface area contributed by atoms with Gasteiger partial charge in [-0.15, -0.1) is 0 Å². The van der Waals surface area contributed by atoms with E-state index >= 15 is 0 Å². The number of fused-ring (bicyclic) bond motifs is 5. The van der Waals surface area contributed by atoms with E-state index in [9.17, 15) is 9.90 Å². The lowest BCUT2D eigenvalue weighted by atomic mass is 9.69. The molecule has 0 aliphatic carbocycles. The third kappa shape index (κ3) is 2.31. The number of ether oxygens (including phenoxy) is 2. The van der Waals surface area contributed by atoms with Crippen LogP contribution in [0.15, 0.2) is 36.4 Å². The third-order valence-electron chi connectivity index (χ3n) is 5.45. The number of Topliss-reactive ketones (excluding diaryl/α,β-unsaturated/α-hetero) is 1. The number of carbonyl (C=O) groups is 1. The van der Waals surface area contributed by atoms with Gasteiger partial charge in [0.1, 0.15) is 22.8 Å². The van der Waals surface area contributed by atoms with Gasteiger partial charge in [0, 0.05) is 29.4 Å². The summed E-state index contributed by atoms with van der Waals surface area (Å²) in [5, 5.41) is 10.9. The van der Waals surface area contributed by atoms with E-state index in [1.807, 2.05) is 44.2 Å². The predicted molar refractivity (Wildman–Crippen MR) is 94.7 cm³/mol. The van der Waals surface area contributed by atoms with Crippen molar-refractivity contribution in [2.45, 2.75) is 38.7 Å². The highest BCUT2D eigenvalue weighted by Gasteiger charge is 2.49. The lowest BCUT2D eigenvalue weighted by Gasteiger charge is -2.47. The van der Waals surface area contributed by atoms with Gasteiger partial charge in [0.2, 0.25) is 0 Å². The molecule has 0 amide bonds. The molecule has 2 aromatic rings. The Labute approximate surface area is 147 Å². The first-order chi connectivity index (χ1) is 11.9. The first-order valence-corrected chi connectivity index (χ1v) is 8.74. The number of phenolic OH excluding ortho intramolecular Hbond substituents is 1. The van der Waals surface area contributed by atoms with E-state index in [4.69, 9.17) is 9.47 Å². The highest BCUT2D eigenvalue weighted by atomic mass is 16.5. The summed E-state index contributed by atoms with van der Waals surface area (Å²) in [4.78, 5) is 12.2. The number of hydrogen-bond acceptors (Lipinski definition) is 4. The van der Waals surface area contributed by atoms with E-state index in [1.165, 1.54) is 0 Å². The van der Waals surface area contributed by atoms with Gasteiger partial charge in [-0.3, -0.25) is 4.79 Å². The summed E-state index contributed by atoms with van der Waals surface area (Å²) in [5.41, 5.74) is 1.67. The molecule has 2 aliphatic rings. The molecule has 2 atom stereocenters. The van der Waals surface area contributed by atoms with Crippen LogP contribution in [0.5, 0.6) is 17.2 Å². The van der Waals surface area contributed by atoms with Gasteiger partial charge in [-0.1, -0.05) is 25.1 Å². The summed E-state index contributed by atoms with van der Waals surface area (Å²) < 4.78 is 12.2. The molecule has 1 N–H and O–H groups in total. The van der Waals surface area contributed by atoms with E-state index < -0.39 is 5.60 Å². The van der Waals surface area contributed by atoms with Gasteiger partial charge in [-0.25, -0.2) is 0 Å². The van der Waals surface area contributed by atoms with Crippen molar-refractivity contribution >= 4 is 5.78 Å². The van der Waals surface area contributed by atoms with E-state index in [2.05, 4.69) is 0 Å². The molecule has 2 heterocycles. The van der Waals surface area contributed by atoms with Crippen molar-refractivity contribution in [3.05, 3.63) is 53.1 Å². The van der Waals surface area contributed by atoms with E-state index in [0.29, 0.717) is 29.9 Å². The summed E-state index contributed by atoms with van der Waals surface area (Å²) in [6.07, 6.45) is 0.354. The summed E-state index contributed by atoms with van der Waals surface area (Å²) >= 11 is 0. The van der Waals surface area contributed by atoms with E-state index in [-0.39, 0.29) is 23.4 Å². The molecule has 130 valence electrons. The Morgan fingerprint density at radius 1 is 1.20 bits per heavy atom. The van der Waals surface area contributed by atoms with Crippen LogP contribution in [-0.4, -0.2) is 23.1 Å². The number of benzene rings is 2. The molecule has 0 unspecified atom stereocenters. The zero-order chi connectivity index (χ0) is 17.8. The number of ketones is 1. The smallest absolute Gasteiger partial charge is 0.166 e. The zero-order valence-corrected chi connectivity index (χ0v) is 14.7.